The molecule has 0 aliphatic carbocycles. The minimum absolute atomic E-state index is 0.274. The number of aromatic nitrogens is 5. The summed E-state index contributed by atoms with van der Waals surface area (Å²) in [7, 11) is 1.81. The van der Waals surface area contributed by atoms with Crippen molar-refractivity contribution in [1.29, 1.82) is 0 Å². The van der Waals surface area contributed by atoms with Crippen LogP contribution in [0, 0.1) is 6.92 Å². The standard InChI is InChI=1S/C12H15N7OS/c1-4-13-12-14-7(5-21-12)11(20)15-9-8-6(2)18-19(3)10(8)17-16-9/h5H,4H2,1-3H3,(H,13,14)(H2,15,16,17,20). The Morgan fingerprint density at radius 3 is 3.10 bits per heavy atom. The number of carbonyl (C=O) groups excluding carboxylic acids is 1. The summed E-state index contributed by atoms with van der Waals surface area (Å²) in [6, 6.07) is 0. The van der Waals surface area contributed by atoms with E-state index in [1.165, 1.54) is 11.3 Å². The van der Waals surface area contributed by atoms with Gasteiger partial charge in [0, 0.05) is 19.0 Å². The first-order valence-corrected chi connectivity index (χ1v) is 7.36. The Labute approximate surface area is 124 Å². The van der Waals surface area contributed by atoms with Gasteiger partial charge in [0.05, 0.1) is 11.1 Å². The van der Waals surface area contributed by atoms with Crippen LogP contribution >= 0.6 is 11.3 Å². The monoisotopic (exact) mass is 305 g/mol. The minimum Gasteiger partial charge on any atom is -0.362 e. The molecular weight excluding hydrogens is 290 g/mol. The predicted octanol–water partition coefficient (Wildman–Crippen LogP) is 1.75. The Bertz CT molecular complexity index is 800. The Morgan fingerprint density at radius 1 is 1.52 bits per heavy atom. The second-order valence-electron chi connectivity index (χ2n) is 4.53. The number of thiazole rings is 1. The SMILES string of the molecule is CCNc1nc(C(=O)Nc2[nH]nc3c2c(C)nn3C)cs1. The van der Waals surface area contributed by atoms with E-state index in [4.69, 9.17) is 0 Å². The van der Waals surface area contributed by atoms with Crippen LogP contribution in [0.15, 0.2) is 5.38 Å². The quantitative estimate of drug-likeness (QED) is 0.681. The fourth-order valence-corrected chi connectivity index (χ4v) is 2.87. The molecule has 0 aliphatic heterocycles. The van der Waals surface area contributed by atoms with Gasteiger partial charge in [0.2, 0.25) is 0 Å². The van der Waals surface area contributed by atoms with E-state index in [2.05, 4.69) is 30.9 Å². The van der Waals surface area contributed by atoms with Gasteiger partial charge >= 0.3 is 0 Å². The number of carbonyl (C=O) groups is 1. The maximum atomic E-state index is 12.2. The lowest BCUT2D eigenvalue weighted by Gasteiger charge is -2.00. The van der Waals surface area contributed by atoms with E-state index in [1.54, 1.807) is 10.1 Å². The molecule has 3 N–H and O–H groups in total. The summed E-state index contributed by atoms with van der Waals surface area (Å²) < 4.78 is 1.67. The number of aryl methyl sites for hydroxylation is 2. The van der Waals surface area contributed by atoms with E-state index in [9.17, 15) is 4.79 Å². The molecule has 3 rings (SSSR count). The first-order valence-electron chi connectivity index (χ1n) is 6.48. The van der Waals surface area contributed by atoms with Gasteiger partial charge in [-0.05, 0) is 13.8 Å². The molecule has 0 aromatic carbocycles. The van der Waals surface area contributed by atoms with Crippen LogP contribution < -0.4 is 10.6 Å². The molecule has 8 nitrogen and oxygen atoms in total. The van der Waals surface area contributed by atoms with Crippen LogP contribution in [0.1, 0.15) is 23.1 Å². The summed E-state index contributed by atoms with van der Waals surface area (Å²) in [5.74, 6) is 0.266. The number of rotatable bonds is 4. The molecular formula is C12H15N7OS. The van der Waals surface area contributed by atoms with Crippen LogP contribution in [0.5, 0.6) is 0 Å². The Hall–Kier alpha value is -2.42. The van der Waals surface area contributed by atoms with Crippen LogP contribution in [-0.2, 0) is 7.05 Å². The molecule has 0 bridgehead atoms. The van der Waals surface area contributed by atoms with Gasteiger partial charge in [0.25, 0.3) is 5.91 Å². The van der Waals surface area contributed by atoms with Crippen LogP contribution in [0.25, 0.3) is 11.0 Å². The van der Waals surface area contributed by atoms with Crippen molar-refractivity contribution in [3.8, 4) is 0 Å². The number of nitrogens with one attached hydrogen (secondary N) is 3. The molecule has 3 heterocycles. The predicted molar refractivity (Wildman–Crippen MR) is 81.8 cm³/mol. The zero-order valence-corrected chi connectivity index (χ0v) is 12.7. The van der Waals surface area contributed by atoms with E-state index < -0.39 is 0 Å². The third kappa shape index (κ3) is 2.35. The smallest absolute Gasteiger partial charge is 0.276 e. The number of nitrogens with zero attached hydrogens (tertiary/aromatic N) is 4. The first kappa shape index (κ1) is 13.6. The van der Waals surface area contributed by atoms with E-state index in [0.717, 1.165) is 22.8 Å². The van der Waals surface area contributed by atoms with Crippen LogP contribution in [0.2, 0.25) is 0 Å². The minimum atomic E-state index is -0.274. The average Bonchev–Trinajstić information content (AvgIpc) is 3.11. The number of amides is 1. The van der Waals surface area contributed by atoms with E-state index in [1.807, 2.05) is 20.9 Å². The van der Waals surface area contributed by atoms with Crippen molar-refractivity contribution in [2.75, 3.05) is 17.2 Å². The fraction of sp³-hybridized carbons (Fsp3) is 0.333. The molecule has 0 fully saturated rings. The van der Waals surface area contributed by atoms with Crippen LogP contribution in [-0.4, -0.2) is 37.4 Å². The lowest BCUT2D eigenvalue weighted by Crippen LogP contribution is -2.13. The molecule has 3 aromatic heterocycles. The number of H-pyrrole nitrogens is 1. The summed E-state index contributed by atoms with van der Waals surface area (Å²) in [5.41, 5.74) is 1.89. The Morgan fingerprint density at radius 2 is 2.33 bits per heavy atom. The van der Waals surface area contributed by atoms with Crippen molar-refractivity contribution in [2.45, 2.75) is 13.8 Å². The maximum absolute atomic E-state index is 12.2. The summed E-state index contributed by atoms with van der Waals surface area (Å²) in [5, 5.41) is 20.4. The number of aromatic amines is 1. The van der Waals surface area contributed by atoms with Gasteiger partial charge in [-0.3, -0.25) is 9.89 Å². The highest BCUT2D eigenvalue weighted by Crippen LogP contribution is 2.24. The third-order valence-corrected chi connectivity index (χ3v) is 3.82. The molecule has 110 valence electrons. The number of anilines is 2. The number of fused-ring (bicyclic) bond motifs is 1. The molecule has 3 aromatic rings. The van der Waals surface area contributed by atoms with Crippen molar-refractivity contribution in [1.82, 2.24) is 25.0 Å². The molecule has 0 saturated heterocycles. The largest absolute Gasteiger partial charge is 0.362 e. The van der Waals surface area contributed by atoms with E-state index in [-0.39, 0.29) is 5.91 Å². The van der Waals surface area contributed by atoms with Gasteiger partial charge in [-0.25, -0.2) is 9.67 Å². The zero-order chi connectivity index (χ0) is 15.0. The molecule has 21 heavy (non-hydrogen) atoms. The summed E-state index contributed by atoms with van der Waals surface area (Å²) in [4.78, 5) is 16.5. The van der Waals surface area contributed by atoms with Crippen molar-refractivity contribution < 1.29 is 4.79 Å². The molecule has 1 amide bonds. The van der Waals surface area contributed by atoms with Gasteiger partial charge in [-0.2, -0.15) is 10.2 Å². The summed E-state index contributed by atoms with van der Waals surface area (Å²) >= 11 is 1.40. The highest BCUT2D eigenvalue weighted by Gasteiger charge is 2.17. The van der Waals surface area contributed by atoms with E-state index in [0.29, 0.717) is 17.2 Å². The lowest BCUT2D eigenvalue weighted by molar-refractivity contribution is 0.102. The second kappa shape index (κ2) is 5.17. The average molecular weight is 305 g/mol. The van der Waals surface area contributed by atoms with Crippen LogP contribution in [0.4, 0.5) is 10.9 Å². The molecule has 0 radical (unpaired) electrons. The maximum Gasteiger partial charge on any atom is 0.276 e. The Kier molecular flexibility index (Phi) is 3.34. The molecule has 0 spiro atoms. The van der Waals surface area contributed by atoms with Gasteiger partial charge < -0.3 is 10.6 Å². The van der Waals surface area contributed by atoms with Crippen molar-refractivity contribution in [2.24, 2.45) is 7.05 Å². The van der Waals surface area contributed by atoms with Crippen molar-refractivity contribution in [3.63, 3.8) is 0 Å². The Balaban J connectivity index is 1.85. The highest BCUT2D eigenvalue weighted by molar-refractivity contribution is 7.13. The third-order valence-electron chi connectivity index (χ3n) is 3.02. The lowest BCUT2D eigenvalue weighted by atomic mass is 10.3. The van der Waals surface area contributed by atoms with Gasteiger partial charge in [0.15, 0.2) is 10.8 Å². The summed E-state index contributed by atoms with van der Waals surface area (Å²) in [6.07, 6.45) is 0. The molecule has 0 atom stereocenters. The van der Waals surface area contributed by atoms with Crippen LogP contribution in [0.3, 0.4) is 0 Å². The molecule has 9 heteroatoms. The molecule has 0 aliphatic rings. The normalized spacial score (nSPS) is 11.0. The van der Waals surface area contributed by atoms with E-state index >= 15 is 0 Å². The first-order chi connectivity index (χ1) is 10.1. The van der Waals surface area contributed by atoms with Gasteiger partial charge in [-0.1, -0.05) is 0 Å². The summed E-state index contributed by atoms with van der Waals surface area (Å²) in [6.45, 7) is 4.62. The zero-order valence-electron chi connectivity index (χ0n) is 11.9. The number of hydrogen-bond acceptors (Lipinski definition) is 6. The highest BCUT2D eigenvalue weighted by atomic mass is 32.1. The van der Waals surface area contributed by atoms with Gasteiger partial charge in [0.1, 0.15) is 11.5 Å². The second-order valence-corrected chi connectivity index (χ2v) is 5.39. The fourth-order valence-electron chi connectivity index (χ4n) is 2.11. The van der Waals surface area contributed by atoms with Crippen molar-refractivity contribution >= 4 is 39.2 Å². The van der Waals surface area contributed by atoms with Gasteiger partial charge in [-0.15, -0.1) is 11.3 Å². The topological polar surface area (TPSA) is 101 Å². The molecule has 0 unspecified atom stereocenters. The van der Waals surface area contributed by atoms with Crippen molar-refractivity contribution in [3.05, 3.63) is 16.8 Å². The number of hydrogen-bond donors (Lipinski definition) is 3. The molecule has 0 saturated carbocycles.